The van der Waals surface area contributed by atoms with Crippen LogP contribution in [0.5, 0.6) is 5.75 Å². The number of benzene rings is 1. The number of carbonyl (C=O) groups is 1. The lowest BCUT2D eigenvalue weighted by Crippen LogP contribution is -2.44. The van der Waals surface area contributed by atoms with E-state index in [0.717, 1.165) is 11.3 Å². The predicted molar refractivity (Wildman–Crippen MR) is 73.0 cm³/mol. The first-order valence-corrected chi connectivity index (χ1v) is 6.24. The summed E-state index contributed by atoms with van der Waals surface area (Å²) in [5.41, 5.74) is 0.923. The van der Waals surface area contributed by atoms with Gasteiger partial charge in [0.25, 0.3) is 0 Å². The fourth-order valence-electron chi connectivity index (χ4n) is 1.86. The van der Waals surface area contributed by atoms with Crippen LogP contribution in [0.25, 0.3) is 6.08 Å². The van der Waals surface area contributed by atoms with Gasteiger partial charge in [-0.3, -0.25) is 0 Å². The van der Waals surface area contributed by atoms with E-state index < -0.39 is 0 Å². The van der Waals surface area contributed by atoms with Crippen LogP contribution in [0.3, 0.4) is 0 Å². The molecule has 5 heteroatoms. The molecule has 0 bridgehead atoms. The van der Waals surface area contributed by atoms with Crippen LogP contribution in [-0.2, 0) is 4.74 Å². The van der Waals surface area contributed by atoms with Gasteiger partial charge in [-0.1, -0.05) is 18.2 Å². The third kappa shape index (κ3) is 3.72. The lowest BCUT2D eigenvalue weighted by Gasteiger charge is -2.26. The number of rotatable bonds is 3. The first-order valence-electron chi connectivity index (χ1n) is 6.24. The number of urea groups is 1. The molecular formula is C14H18N2O3. The average molecular weight is 262 g/mol. The minimum atomic E-state index is -0.102. The number of amides is 2. The molecule has 1 fully saturated rings. The van der Waals surface area contributed by atoms with E-state index in [1.54, 1.807) is 18.2 Å². The molecule has 19 heavy (non-hydrogen) atoms. The number of ether oxygens (including phenoxy) is 2. The van der Waals surface area contributed by atoms with Crippen molar-refractivity contribution in [1.82, 2.24) is 10.2 Å². The average Bonchev–Trinajstić information content (AvgIpc) is 2.48. The van der Waals surface area contributed by atoms with Crippen molar-refractivity contribution in [2.24, 2.45) is 0 Å². The summed E-state index contributed by atoms with van der Waals surface area (Å²) in [7, 11) is 1.62. The zero-order valence-electron chi connectivity index (χ0n) is 11.0. The smallest absolute Gasteiger partial charge is 0.321 e. The van der Waals surface area contributed by atoms with Gasteiger partial charge in [-0.05, 0) is 12.1 Å². The van der Waals surface area contributed by atoms with Crippen LogP contribution >= 0.6 is 0 Å². The second-order valence-corrected chi connectivity index (χ2v) is 4.12. The lowest BCUT2D eigenvalue weighted by molar-refractivity contribution is 0.0540. The number of para-hydroxylation sites is 1. The van der Waals surface area contributed by atoms with Crippen LogP contribution in [0.15, 0.2) is 30.5 Å². The maximum atomic E-state index is 11.8. The Bertz CT molecular complexity index is 454. The van der Waals surface area contributed by atoms with E-state index in [1.807, 2.05) is 30.3 Å². The Morgan fingerprint density at radius 1 is 1.37 bits per heavy atom. The number of hydrogen-bond donors (Lipinski definition) is 1. The quantitative estimate of drug-likeness (QED) is 0.902. The van der Waals surface area contributed by atoms with Gasteiger partial charge >= 0.3 is 6.03 Å². The van der Waals surface area contributed by atoms with Crippen molar-refractivity contribution in [1.29, 1.82) is 0 Å². The normalized spacial score (nSPS) is 15.5. The van der Waals surface area contributed by atoms with Crippen LogP contribution in [0.4, 0.5) is 4.79 Å². The molecule has 0 aromatic heterocycles. The van der Waals surface area contributed by atoms with Crippen LogP contribution in [-0.4, -0.2) is 44.3 Å². The van der Waals surface area contributed by atoms with Gasteiger partial charge in [0.05, 0.1) is 20.3 Å². The molecule has 0 spiro atoms. The number of methoxy groups -OCH3 is 1. The molecule has 1 aromatic rings. The maximum absolute atomic E-state index is 11.8. The highest BCUT2D eigenvalue weighted by molar-refractivity contribution is 5.76. The highest BCUT2D eigenvalue weighted by atomic mass is 16.5. The molecule has 0 atom stereocenters. The van der Waals surface area contributed by atoms with Gasteiger partial charge in [-0.15, -0.1) is 0 Å². The fourth-order valence-corrected chi connectivity index (χ4v) is 1.86. The van der Waals surface area contributed by atoms with E-state index in [4.69, 9.17) is 9.47 Å². The van der Waals surface area contributed by atoms with Crippen LogP contribution in [0.1, 0.15) is 5.56 Å². The minimum Gasteiger partial charge on any atom is -0.496 e. The summed E-state index contributed by atoms with van der Waals surface area (Å²) in [5, 5.41) is 2.75. The van der Waals surface area contributed by atoms with Crippen molar-refractivity contribution < 1.29 is 14.3 Å². The van der Waals surface area contributed by atoms with E-state index in [2.05, 4.69) is 5.32 Å². The Balaban J connectivity index is 1.90. The molecule has 0 aliphatic carbocycles. The molecule has 0 unspecified atom stereocenters. The third-order valence-electron chi connectivity index (χ3n) is 2.91. The van der Waals surface area contributed by atoms with Gasteiger partial charge in [0.15, 0.2) is 0 Å². The van der Waals surface area contributed by atoms with Gasteiger partial charge in [0, 0.05) is 24.9 Å². The standard InChI is InChI=1S/C14H18N2O3/c1-18-13-5-3-2-4-12(13)6-7-15-14(17)16-8-10-19-11-9-16/h2-7H,8-11H2,1H3,(H,15,17)/b7-6+. The van der Waals surface area contributed by atoms with Gasteiger partial charge < -0.3 is 19.7 Å². The Hall–Kier alpha value is -2.01. The van der Waals surface area contributed by atoms with Crippen molar-refractivity contribution >= 4 is 12.1 Å². The summed E-state index contributed by atoms with van der Waals surface area (Å²) in [6.45, 7) is 2.47. The zero-order valence-corrected chi connectivity index (χ0v) is 11.0. The Morgan fingerprint density at radius 2 is 2.11 bits per heavy atom. The molecule has 0 saturated carbocycles. The largest absolute Gasteiger partial charge is 0.496 e. The van der Waals surface area contributed by atoms with E-state index in [1.165, 1.54) is 0 Å². The van der Waals surface area contributed by atoms with Gasteiger partial charge in [-0.25, -0.2) is 4.79 Å². The fraction of sp³-hybridized carbons (Fsp3) is 0.357. The summed E-state index contributed by atoms with van der Waals surface area (Å²) < 4.78 is 10.4. The van der Waals surface area contributed by atoms with Gasteiger partial charge in [0.2, 0.25) is 0 Å². The van der Waals surface area contributed by atoms with E-state index in [9.17, 15) is 4.79 Å². The molecule has 5 nitrogen and oxygen atoms in total. The van der Waals surface area contributed by atoms with Crippen molar-refractivity contribution in [2.75, 3.05) is 33.4 Å². The first kappa shape index (κ1) is 13.4. The molecule has 102 valence electrons. The molecule has 1 saturated heterocycles. The van der Waals surface area contributed by atoms with Crippen LogP contribution in [0.2, 0.25) is 0 Å². The number of nitrogens with one attached hydrogen (secondary N) is 1. The monoisotopic (exact) mass is 262 g/mol. The van der Waals surface area contributed by atoms with Crippen molar-refractivity contribution in [3.8, 4) is 5.75 Å². The topological polar surface area (TPSA) is 50.8 Å². The molecule has 1 N–H and O–H groups in total. The Labute approximate surface area is 112 Å². The predicted octanol–water partition coefficient (Wildman–Crippen LogP) is 1.71. The van der Waals surface area contributed by atoms with Crippen LogP contribution in [0, 0.1) is 0 Å². The maximum Gasteiger partial charge on any atom is 0.321 e. The van der Waals surface area contributed by atoms with Crippen LogP contribution < -0.4 is 10.1 Å². The molecule has 1 aromatic carbocycles. The molecule has 1 aliphatic rings. The van der Waals surface area contributed by atoms with Gasteiger partial charge in [0.1, 0.15) is 5.75 Å². The molecule has 2 amide bonds. The number of nitrogens with zero attached hydrogens (tertiary/aromatic N) is 1. The van der Waals surface area contributed by atoms with Crippen molar-refractivity contribution in [3.05, 3.63) is 36.0 Å². The Morgan fingerprint density at radius 3 is 2.84 bits per heavy atom. The number of hydrogen-bond acceptors (Lipinski definition) is 3. The highest BCUT2D eigenvalue weighted by Gasteiger charge is 2.15. The molecular weight excluding hydrogens is 244 g/mol. The summed E-state index contributed by atoms with van der Waals surface area (Å²) >= 11 is 0. The second-order valence-electron chi connectivity index (χ2n) is 4.12. The van der Waals surface area contributed by atoms with E-state index in [0.29, 0.717) is 26.3 Å². The highest BCUT2D eigenvalue weighted by Crippen LogP contribution is 2.18. The summed E-state index contributed by atoms with van der Waals surface area (Å²) in [6.07, 6.45) is 3.45. The van der Waals surface area contributed by atoms with Gasteiger partial charge in [-0.2, -0.15) is 0 Å². The molecule has 0 radical (unpaired) electrons. The number of morpholine rings is 1. The Kier molecular flexibility index (Phi) is 4.80. The second kappa shape index (κ2) is 6.80. The van der Waals surface area contributed by atoms with E-state index in [-0.39, 0.29) is 6.03 Å². The summed E-state index contributed by atoms with van der Waals surface area (Å²) in [5.74, 6) is 0.777. The number of carbonyl (C=O) groups excluding carboxylic acids is 1. The lowest BCUT2D eigenvalue weighted by atomic mass is 10.2. The van der Waals surface area contributed by atoms with Crippen molar-refractivity contribution in [2.45, 2.75) is 0 Å². The first-order chi connectivity index (χ1) is 9.31. The molecule has 1 aliphatic heterocycles. The van der Waals surface area contributed by atoms with E-state index >= 15 is 0 Å². The summed E-state index contributed by atoms with van der Waals surface area (Å²) in [6, 6.07) is 7.53. The SMILES string of the molecule is COc1ccccc1/C=C/NC(=O)N1CCOCC1. The third-order valence-corrected chi connectivity index (χ3v) is 2.91. The zero-order chi connectivity index (χ0) is 13.5. The molecule has 2 rings (SSSR count). The minimum absolute atomic E-state index is 0.102. The summed E-state index contributed by atoms with van der Waals surface area (Å²) in [4.78, 5) is 13.6. The molecule has 1 heterocycles. The van der Waals surface area contributed by atoms with Crippen molar-refractivity contribution in [3.63, 3.8) is 0 Å².